The summed E-state index contributed by atoms with van der Waals surface area (Å²) in [5.74, 6) is -0.303. The number of hydrogen-bond donors (Lipinski definition) is 2. The van der Waals surface area contributed by atoms with Crippen LogP contribution in [-0.2, 0) is 17.4 Å². The quantitative estimate of drug-likeness (QED) is 0.704. The van der Waals surface area contributed by atoms with Gasteiger partial charge in [0.05, 0.1) is 24.1 Å². The number of anilines is 1. The minimum Gasteiger partial charge on any atom is -0.398 e. The predicted octanol–water partition coefficient (Wildman–Crippen LogP) is 3.10. The van der Waals surface area contributed by atoms with Crippen LogP contribution in [0.2, 0.25) is 0 Å². The van der Waals surface area contributed by atoms with E-state index in [4.69, 9.17) is 5.73 Å². The average Bonchev–Trinajstić information content (AvgIpc) is 3.10. The topological polar surface area (TPSA) is 69.8 Å². The van der Waals surface area contributed by atoms with Crippen molar-refractivity contribution >= 4 is 11.6 Å². The van der Waals surface area contributed by atoms with E-state index in [-0.39, 0.29) is 18.4 Å². The number of nitrogens with two attached hydrogens (primary N) is 1. The Labute approximate surface area is 173 Å². The summed E-state index contributed by atoms with van der Waals surface area (Å²) in [6.07, 6.45) is -4.34. The molecule has 0 bridgehead atoms. The van der Waals surface area contributed by atoms with Gasteiger partial charge in [-0.15, -0.1) is 0 Å². The Balaban J connectivity index is 1.81. The lowest BCUT2D eigenvalue weighted by molar-refractivity contribution is -0.138. The largest absolute Gasteiger partial charge is 0.416 e. The number of amides is 1. The number of nitrogens with zero attached hydrogens (tertiary/aromatic N) is 2. The van der Waals surface area contributed by atoms with Crippen molar-refractivity contribution in [2.75, 3.05) is 32.4 Å². The molecule has 3 rings (SSSR count). The number of hydrogen-bond acceptors (Lipinski definition) is 4. The number of alkyl halides is 3. The third kappa shape index (κ3) is 5.31. The second-order valence-electron chi connectivity index (χ2n) is 7.73. The Morgan fingerprint density at radius 3 is 2.63 bits per heavy atom. The first-order chi connectivity index (χ1) is 14.1. The van der Waals surface area contributed by atoms with Gasteiger partial charge in [-0.25, -0.2) is 0 Å². The maximum Gasteiger partial charge on any atom is 0.416 e. The third-order valence-corrected chi connectivity index (χ3v) is 5.50. The van der Waals surface area contributed by atoms with E-state index in [0.717, 1.165) is 17.7 Å². The van der Waals surface area contributed by atoms with Crippen LogP contribution in [-0.4, -0.2) is 53.6 Å². The van der Waals surface area contributed by atoms with Gasteiger partial charge in [-0.1, -0.05) is 36.4 Å². The van der Waals surface area contributed by atoms with Gasteiger partial charge in [0.1, 0.15) is 0 Å². The highest BCUT2D eigenvalue weighted by atomic mass is 19.4. The fourth-order valence-electron chi connectivity index (χ4n) is 3.80. The molecule has 1 amide bonds. The molecular weight excluding hydrogens is 395 g/mol. The summed E-state index contributed by atoms with van der Waals surface area (Å²) in [7, 11) is 1.64. The molecule has 30 heavy (non-hydrogen) atoms. The highest BCUT2D eigenvalue weighted by Crippen LogP contribution is 2.31. The van der Waals surface area contributed by atoms with Crippen LogP contribution < -0.4 is 5.73 Å². The van der Waals surface area contributed by atoms with Crippen LogP contribution in [0.5, 0.6) is 0 Å². The zero-order valence-corrected chi connectivity index (χ0v) is 16.8. The minimum absolute atomic E-state index is 0.147. The van der Waals surface area contributed by atoms with Gasteiger partial charge in [0.15, 0.2) is 0 Å². The average molecular weight is 421 g/mol. The summed E-state index contributed by atoms with van der Waals surface area (Å²) >= 11 is 0. The van der Waals surface area contributed by atoms with Crippen molar-refractivity contribution < 1.29 is 23.1 Å². The number of aliphatic hydroxyl groups is 1. The van der Waals surface area contributed by atoms with Gasteiger partial charge in [0, 0.05) is 32.4 Å². The Bertz CT molecular complexity index is 888. The lowest BCUT2D eigenvalue weighted by atomic mass is 10.0. The summed E-state index contributed by atoms with van der Waals surface area (Å²) in [6.45, 7) is 1.70. The minimum atomic E-state index is -4.46. The summed E-state index contributed by atoms with van der Waals surface area (Å²) in [6, 6.07) is 11.7. The Morgan fingerprint density at radius 2 is 2.00 bits per heavy atom. The van der Waals surface area contributed by atoms with E-state index < -0.39 is 17.8 Å². The first-order valence-electron chi connectivity index (χ1n) is 9.81. The molecule has 1 aliphatic heterocycles. The van der Waals surface area contributed by atoms with Crippen LogP contribution in [0.3, 0.4) is 0 Å². The van der Waals surface area contributed by atoms with Gasteiger partial charge in [-0.2, -0.15) is 13.2 Å². The van der Waals surface area contributed by atoms with E-state index in [1.165, 1.54) is 17.0 Å². The first-order valence-corrected chi connectivity index (χ1v) is 9.81. The summed E-state index contributed by atoms with van der Waals surface area (Å²) in [4.78, 5) is 16.6. The first kappa shape index (κ1) is 22.1. The van der Waals surface area contributed by atoms with Crippen LogP contribution >= 0.6 is 0 Å². The van der Waals surface area contributed by atoms with Crippen molar-refractivity contribution in [1.82, 2.24) is 9.80 Å². The van der Waals surface area contributed by atoms with Gasteiger partial charge in [-0.3, -0.25) is 9.69 Å². The van der Waals surface area contributed by atoms with E-state index in [1.807, 2.05) is 12.1 Å². The maximum atomic E-state index is 13.0. The second-order valence-corrected chi connectivity index (χ2v) is 7.73. The van der Waals surface area contributed by atoms with E-state index in [0.29, 0.717) is 37.3 Å². The molecule has 1 aliphatic rings. The molecule has 3 N–H and O–H groups in total. The number of halogens is 3. The number of β-amino-alcohol motifs (C(OH)–C–C–N with tert-alkyl or cyclic N) is 1. The standard InChI is InChI=1S/C22H26F3N3O2/c1-27(21(30)12-15-5-4-6-16(11-15)22(23,24)25)20(14-28-10-9-17(29)13-28)18-7-2-3-8-19(18)26/h2-8,11,17,20,29H,9-10,12-14,26H2,1H3. The molecule has 5 nitrogen and oxygen atoms in total. The van der Waals surface area contributed by atoms with Crippen LogP contribution in [0, 0.1) is 0 Å². The molecule has 0 aromatic heterocycles. The lowest BCUT2D eigenvalue weighted by Gasteiger charge is -2.33. The number of para-hydroxylation sites is 1. The van der Waals surface area contributed by atoms with Gasteiger partial charge < -0.3 is 15.7 Å². The van der Waals surface area contributed by atoms with Crippen molar-refractivity contribution in [3.05, 3.63) is 65.2 Å². The summed E-state index contributed by atoms with van der Waals surface area (Å²) in [5, 5.41) is 9.83. The smallest absolute Gasteiger partial charge is 0.398 e. The molecule has 0 spiro atoms. The van der Waals surface area contributed by atoms with Crippen molar-refractivity contribution in [3.63, 3.8) is 0 Å². The van der Waals surface area contributed by atoms with E-state index in [9.17, 15) is 23.1 Å². The van der Waals surface area contributed by atoms with Gasteiger partial charge in [0.2, 0.25) is 5.91 Å². The van der Waals surface area contributed by atoms with E-state index >= 15 is 0 Å². The number of aliphatic hydroxyl groups excluding tert-OH is 1. The molecule has 0 radical (unpaired) electrons. The zero-order chi connectivity index (χ0) is 21.9. The molecule has 2 aromatic rings. The summed E-state index contributed by atoms with van der Waals surface area (Å²) < 4.78 is 38.9. The Morgan fingerprint density at radius 1 is 1.27 bits per heavy atom. The monoisotopic (exact) mass is 421 g/mol. The molecule has 0 saturated carbocycles. The Hall–Kier alpha value is -2.58. The fraction of sp³-hybridized carbons (Fsp3) is 0.409. The molecule has 1 heterocycles. The van der Waals surface area contributed by atoms with Crippen LogP contribution in [0.15, 0.2) is 48.5 Å². The highest BCUT2D eigenvalue weighted by Gasteiger charge is 2.31. The highest BCUT2D eigenvalue weighted by molar-refractivity contribution is 5.79. The van der Waals surface area contributed by atoms with Crippen molar-refractivity contribution in [3.8, 4) is 0 Å². The number of benzene rings is 2. The second kappa shape index (κ2) is 9.06. The van der Waals surface area contributed by atoms with Gasteiger partial charge >= 0.3 is 6.18 Å². The zero-order valence-electron chi connectivity index (χ0n) is 16.8. The van der Waals surface area contributed by atoms with Crippen molar-refractivity contribution in [2.24, 2.45) is 0 Å². The molecular formula is C22H26F3N3O2. The number of nitrogen functional groups attached to an aromatic ring is 1. The molecule has 2 aromatic carbocycles. The van der Waals surface area contributed by atoms with Gasteiger partial charge in [0.25, 0.3) is 0 Å². The fourth-order valence-corrected chi connectivity index (χ4v) is 3.80. The van der Waals surface area contributed by atoms with E-state index in [1.54, 1.807) is 19.2 Å². The molecule has 1 fully saturated rings. The van der Waals surface area contributed by atoms with E-state index in [2.05, 4.69) is 4.90 Å². The molecule has 1 saturated heterocycles. The van der Waals surface area contributed by atoms with Crippen LogP contribution in [0.1, 0.15) is 29.2 Å². The summed E-state index contributed by atoms with van der Waals surface area (Å²) in [5.41, 5.74) is 7.00. The normalized spacial score (nSPS) is 18.4. The Kier molecular flexibility index (Phi) is 6.67. The molecule has 8 heteroatoms. The number of rotatable bonds is 6. The van der Waals surface area contributed by atoms with Crippen LogP contribution in [0.4, 0.5) is 18.9 Å². The predicted molar refractivity (Wildman–Crippen MR) is 109 cm³/mol. The SMILES string of the molecule is CN(C(=O)Cc1cccc(C(F)(F)F)c1)C(CN1CCC(O)C1)c1ccccc1N. The molecule has 2 unspecified atom stereocenters. The van der Waals surface area contributed by atoms with Gasteiger partial charge in [-0.05, 0) is 29.7 Å². The number of carbonyl (C=O) groups excluding carboxylic acids is 1. The molecule has 162 valence electrons. The molecule has 0 aliphatic carbocycles. The van der Waals surface area contributed by atoms with Crippen LogP contribution in [0.25, 0.3) is 0 Å². The third-order valence-electron chi connectivity index (χ3n) is 5.50. The number of likely N-dealkylation sites (N-methyl/N-ethyl adjacent to an activating group) is 1. The van der Waals surface area contributed by atoms with Crippen molar-refractivity contribution in [1.29, 1.82) is 0 Å². The number of likely N-dealkylation sites (tertiary alicyclic amines) is 1. The molecule has 2 atom stereocenters. The maximum absolute atomic E-state index is 13.0. The van der Waals surface area contributed by atoms with Crippen molar-refractivity contribution in [2.45, 2.75) is 31.2 Å². The lowest BCUT2D eigenvalue weighted by Crippen LogP contribution is -2.40. The number of carbonyl (C=O) groups is 1.